The highest BCUT2D eigenvalue weighted by molar-refractivity contribution is 6.37. The maximum Gasteiger partial charge on any atom is 0.416 e. The molecule has 0 aliphatic heterocycles. The van der Waals surface area contributed by atoms with Crippen molar-refractivity contribution >= 4 is 23.2 Å². The average Bonchev–Trinajstić information content (AvgIpc) is 2.09. The van der Waals surface area contributed by atoms with Crippen molar-refractivity contribution < 1.29 is 18.0 Å². The smallest absolute Gasteiger partial charge is 0.406 e. The molecular formula is C8H6Cl2F3NO. The summed E-state index contributed by atoms with van der Waals surface area (Å²) in [5.41, 5.74) is 1.36. The first kappa shape index (κ1) is 12.4. The quantitative estimate of drug-likeness (QED) is 0.821. The first-order valence-electron chi connectivity index (χ1n) is 3.76. The molecule has 0 saturated heterocycles. The van der Waals surface area contributed by atoms with E-state index in [0.717, 1.165) is 12.1 Å². The summed E-state index contributed by atoms with van der Waals surface area (Å²) < 4.78 is 36.9. The van der Waals surface area contributed by atoms with Crippen molar-refractivity contribution in [1.29, 1.82) is 0 Å². The number of rotatable bonds is 2. The topological polar surface area (TPSA) is 21.3 Å². The van der Waals surface area contributed by atoms with E-state index in [9.17, 15) is 13.2 Å². The van der Waals surface area contributed by atoms with Crippen molar-refractivity contribution in [1.82, 2.24) is 5.48 Å². The standard InChI is InChI=1S/C8H6Cl2F3NO/c1-14-15-7-5(9)2-4(3-6(7)10)8(11,12)13/h2-3,14H,1H3. The van der Waals surface area contributed by atoms with Crippen LogP contribution in [0.2, 0.25) is 10.0 Å². The fourth-order valence-electron chi connectivity index (χ4n) is 0.923. The molecule has 1 rings (SSSR count). The van der Waals surface area contributed by atoms with Gasteiger partial charge in [0.1, 0.15) is 0 Å². The second-order valence-electron chi connectivity index (χ2n) is 2.57. The first-order chi connectivity index (χ1) is 6.86. The van der Waals surface area contributed by atoms with Gasteiger partial charge in [0, 0.05) is 7.05 Å². The molecule has 7 heteroatoms. The van der Waals surface area contributed by atoms with E-state index in [1.165, 1.54) is 7.05 Å². The van der Waals surface area contributed by atoms with Crippen molar-refractivity contribution in [2.75, 3.05) is 7.05 Å². The van der Waals surface area contributed by atoms with Crippen LogP contribution in [-0.2, 0) is 6.18 Å². The highest BCUT2D eigenvalue weighted by atomic mass is 35.5. The molecule has 1 aromatic rings. The number of nitrogens with one attached hydrogen (secondary N) is 1. The lowest BCUT2D eigenvalue weighted by Crippen LogP contribution is -2.12. The fourth-order valence-corrected chi connectivity index (χ4v) is 1.49. The number of halogens is 5. The van der Waals surface area contributed by atoms with Crippen LogP contribution in [0.25, 0.3) is 0 Å². The van der Waals surface area contributed by atoms with Gasteiger partial charge in [-0.05, 0) is 12.1 Å². The Morgan fingerprint density at radius 1 is 1.20 bits per heavy atom. The molecule has 1 N–H and O–H groups in total. The molecule has 15 heavy (non-hydrogen) atoms. The van der Waals surface area contributed by atoms with Crippen LogP contribution in [0.3, 0.4) is 0 Å². The predicted octanol–water partition coefficient (Wildman–Crippen LogP) is 3.53. The molecule has 0 atom stereocenters. The normalized spacial score (nSPS) is 11.6. The van der Waals surface area contributed by atoms with Gasteiger partial charge in [-0.1, -0.05) is 23.2 Å². The van der Waals surface area contributed by atoms with E-state index in [1.54, 1.807) is 0 Å². The van der Waals surface area contributed by atoms with Crippen LogP contribution >= 0.6 is 23.2 Å². The predicted molar refractivity (Wildman–Crippen MR) is 51.2 cm³/mol. The zero-order valence-corrected chi connectivity index (χ0v) is 8.96. The molecule has 0 spiro atoms. The molecule has 84 valence electrons. The Kier molecular flexibility index (Phi) is 3.70. The van der Waals surface area contributed by atoms with Gasteiger partial charge in [0.25, 0.3) is 0 Å². The van der Waals surface area contributed by atoms with Crippen LogP contribution < -0.4 is 10.3 Å². The van der Waals surface area contributed by atoms with Gasteiger partial charge in [-0.15, -0.1) is 0 Å². The molecular weight excluding hydrogens is 254 g/mol. The van der Waals surface area contributed by atoms with Gasteiger partial charge in [0.05, 0.1) is 15.6 Å². The monoisotopic (exact) mass is 259 g/mol. The van der Waals surface area contributed by atoms with E-state index in [2.05, 4.69) is 5.48 Å². The summed E-state index contributed by atoms with van der Waals surface area (Å²) in [4.78, 5) is 4.75. The molecule has 0 heterocycles. The summed E-state index contributed by atoms with van der Waals surface area (Å²) in [6.45, 7) is 0. The SMILES string of the molecule is CNOc1c(Cl)cc(C(F)(F)F)cc1Cl. The van der Waals surface area contributed by atoms with E-state index in [4.69, 9.17) is 28.0 Å². The lowest BCUT2D eigenvalue weighted by molar-refractivity contribution is -0.137. The van der Waals surface area contributed by atoms with Gasteiger partial charge in [-0.3, -0.25) is 0 Å². The highest BCUT2D eigenvalue weighted by Gasteiger charge is 2.32. The molecule has 0 aromatic heterocycles. The van der Waals surface area contributed by atoms with E-state index < -0.39 is 11.7 Å². The van der Waals surface area contributed by atoms with Crippen LogP contribution in [0.1, 0.15) is 5.56 Å². The van der Waals surface area contributed by atoms with Crippen molar-refractivity contribution in [3.8, 4) is 5.75 Å². The number of alkyl halides is 3. The summed E-state index contributed by atoms with van der Waals surface area (Å²) >= 11 is 11.1. The summed E-state index contributed by atoms with van der Waals surface area (Å²) in [6, 6.07) is 1.50. The lowest BCUT2D eigenvalue weighted by Gasteiger charge is -2.11. The van der Waals surface area contributed by atoms with Crippen LogP contribution in [0.15, 0.2) is 12.1 Å². The number of hydrogen-bond acceptors (Lipinski definition) is 2. The Balaban J connectivity index is 3.19. The first-order valence-corrected chi connectivity index (χ1v) is 4.51. The second-order valence-corrected chi connectivity index (χ2v) is 3.39. The Morgan fingerprint density at radius 3 is 2.00 bits per heavy atom. The van der Waals surface area contributed by atoms with Gasteiger partial charge in [-0.25, -0.2) is 0 Å². The third kappa shape index (κ3) is 2.90. The minimum Gasteiger partial charge on any atom is -0.406 e. The van der Waals surface area contributed by atoms with Crippen molar-refractivity contribution in [2.24, 2.45) is 0 Å². The van der Waals surface area contributed by atoms with E-state index >= 15 is 0 Å². The molecule has 0 aliphatic carbocycles. The van der Waals surface area contributed by atoms with E-state index in [0.29, 0.717) is 0 Å². The third-order valence-electron chi connectivity index (χ3n) is 1.53. The zero-order chi connectivity index (χ0) is 11.6. The van der Waals surface area contributed by atoms with E-state index in [-0.39, 0.29) is 15.8 Å². The zero-order valence-electron chi connectivity index (χ0n) is 7.45. The Bertz CT molecular complexity index is 344. The maximum atomic E-state index is 12.3. The molecule has 0 radical (unpaired) electrons. The van der Waals surface area contributed by atoms with Gasteiger partial charge in [-0.2, -0.15) is 18.7 Å². The molecule has 0 saturated carbocycles. The van der Waals surface area contributed by atoms with Crippen LogP contribution in [-0.4, -0.2) is 7.05 Å². The number of benzene rings is 1. The van der Waals surface area contributed by atoms with Gasteiger partial charge >= 0.3 is 6.18 Å². The fraction of sp³-hybridized carbons (Fsp3) is 0.250. The third-order valence-corrected chi connectivity index (χ3v) is 2.09. The second kappa shape index (κ2) is 4.47. The molecule has 0 unspecified atom stereocenters. The number of hydrogen-bond donors (Lipinski definition) is 1. The maximum absolute atomic E-state index is 12.3. The average molecular weight is 260 g/mol. The summed E-state index contributed by atoms with van der Waals surface area (Å²) in [5, 5.41) is -0.409. The highest BCUT2D eigenvalue weighted by Crippen LogP contribution is 2.39. The number of hydroxylamine groups is 1. The molecule has 0 amide bonds. The molecule has 1 aromatic carbocycles. The minimum absolute atomic E-state index is 0.0335. The van der Waals surface area contributed by atoms with Crippen LogP contribution in [0, 0.1) is 0 Å². The van der Waals surface area contributed by atoms with Gasteiger partial charge in [0.15, 0.2) is 5.75 Å². The van der Waals surface area contributed by atoms with Crippen LogP contribution in [0.5, 0.6) is 5.75 Å². The summed E-state index contributed by atoms with van der Waals surface area (Å²) in [5.74, 6) is -0.0335. The molecule has 2 nitrogen and oxygen atoms in total. The molecule has 0 fully saturated rings. The Hall–Kier alpha value is -0.650. The largest absolute Gasteiger partial charge is 0.416 e. The van der Waals surface area contributed by atoms with Crippen LogP contribution in [0.4, 0.5) is 13.2 Å². The van der Waals surface area contributed by atoms with Crippen molar-refractivity contribution in [3.63, 3.8) is 0 Å². The molecule has 0 aliphatic rings. The van der Waals surface area contributed by atoms with Gasteiger partial charge < -0.3 is 4.84 Å². The molecule has 0 bridgehead atoms. The summed E-state index contributed by atoms with van der Waals surface area (Å²) in [6.07, 6.45) is -4.48. The van der Waals surface area contributed by atoms with E-state index in [1.807, 2.05) is 0 Å². The Morgan fingerprint density at radius 2 is 1.67 bits per heavy atom. The Labute approximate surface area is 93.9 Å². The summed E-state index contributed by atoms with van der Waals surface area (Å²) in [7, 11) is 1.43. The van der Waals surface area contributed by atoms with Gasteiger partial charge in [0.2, 0.25) is 0 Å². The van der Waals surface area contributed by atoms with Crippen molar-refractivity contribution in [3.05, 3.63) is 27.7 Å². The lowest BCUT2D eigenvalue weighted by atomic mass is 10.2. The van der Waals surface area contributed by atoms with Crippen molar-refractivity contribution in [2.45, 2.75) is 6.18 Å². The minimum atomic E-state index is -4.48.